The quantitative estimate of drug-likeness (QED) is 0.806. The maximum absolute atomic E-state index is 12.3. The van der Waals surface area contributed by atoms with Crippen LogP contribution < -0.4 is 0 Å². The normalized spacial score (nSPS) is 17.2. The van der Waals surface area contributed by atoms with Gasteiger partial charge in [-0.15, -0.1) is 0 Å². The first-order valence-corrected chi connectivity index (χ1v) is 6.83. The number of nitrogens with zero attached hydrogens (tertiary/aromatic N) is 5. The van der Waals surface area contributed by atoms with Crippen molar-refractivity contribution in [2.24, 2.45) is 0 Å². The summed E-state index contributed by atoms with van der Waals surface area (Å²) >= 11 is 0. The van der Waals surface area contributed by atoms with E-state index in [1.165, 1.54) is 11.2 Å². The highest BCUT2D eigenvalue weighted by Gasteiger charge is 2.32. The maximum Gasteiger partial charge on any atom is 0.401 e. The second-order valence-corrected chi connectivity index (χ2v) is 5.03. The zero-order chi connectivity index (χ0) is 15.3. The summed E-state index contributed by atoms with van der Waals surface area (Å²) in [6.07, 6.45) is -0.143. The molecule has 1 saturated heterocycles. The Kier molecular flexibility index (Phi) is 5.16. The number of aryl methyl sites for hydroxylation is 1. The van der Waals surface area contributed by atoms with Gasteiger partial charge in [0.2, 0.25) is 5.91 Å². The lowest BCUT2D eigenvalue weighted by atomic mass is 10.2. The number of rotatable bonds is 5. The highest BCUT2D eigenvalue weighted by molar-refractivity contribution is 5.76. The third-order valence-electron chi connectivity index (χ3n) is 3.37. The fourth-order valence-electron chi connectivity index (χ4n) is 2.31. The van der Waals surface area contributed by atoms with Crippen molar-refractivity contribution in [3.8, 4) is 0 Å². The number of amides is 1. The first-order chi connectivity index (χ1) is 9.94. The Morgan fingerprint density at radius 3 is 2.48 bits per heavy atom. The molecule has 0 unspecified atom stereocenters. The number of halogens is 3. The SMILES string of the molecule is O=C(CCCn1cncn1)N1CCN(CC(F)(F)F)CC1. The predicted molar refractivity (Wildman–Crippen MR) is 68.3 cm³/mol. The number of piperazine rings is 1. The molecule has 0 spiro atoms. The van der Waals surface area contributed by atoms with E-state index in [9.17, 15) is 18.0 Å². The van der Waals surface area contributed by atoms with E-state index in [1.54, 1.807) is 15.9 Å². The largest absolute Gasteiger partial charge is 0.401 e. The molecule has 0 aliphatic carbocycles. The molecular weight excluding hydrogens is 287 g/mol. The Bertz CT molecular complexity index is 440. The molecule has 1 fully saturated rings. The van der Waals surface area contributed by atoms with E-state index in [2.05, 4.69) is 10.1 Å². The van der Waals surface area contributed by atoms with Crippen molar-refractivity contribution in [2.45, 2.75) is 25.6 Å². The minimum Gasteiger partial charge on any atom is -0.340 e. The topological polar surface area (TPSA) is 54.3 Å². The molecule has 0 atom stereocenters. The molecule has 0 N–H and O–H groups in total. The molecule has 6 nitrogen and oxygen atoms in total. The molecule has 1 amide bonds. The van der Waals surface area contributed by atoms with Crippen LogP contribution in [0.25, 0.3) is 0 Å². The number of carbonyl (C=O) groups is 1. The van der Waals surface area contributed by atoms with Crippen LogP contribution in [0.1, 0.15) is 12.8 Å². The van der Waals surface area contributed by atoms with Crippen LogP contribution in [0, 0.1) is 0 Å². The van der Waals surface area contributed by atoms with Gasteiger partial charge in [-0.2, -0.15) is 18.3 Å². The van der Waals surface area contributed by atoms with Crippen molar-refractivity contribution in [3.05, 3.63) is 12.7 Å². The van der Waals surface area contributed by atoms with Crippen molar-refractivity contribution in [3.63, 3.8) is 0 Å². The lowest BCUT2D eigenvalue weighted by Gasteiger charge is -2.35. The highest BCUT2D eigenvalue weighted by atomic mass is 19.4. The van der Waals surface area contributed by atoms with E-state index in [4.69, 9.17) is 0 Å². The zero-order valence-corrected chi connectivity index (χ0v) is 11.6. The van der Waals surface area contributed by atoms with Gasteiger partial charge >= 0.3 is 6.18 Å². The number of alkyl halides is 3. The Morgan fingerprint density at radius 1 is 1.19 bits per heavy atom. The molecule has 0 aromatic carbocycles. The summed E-state index contributed by atoms with van der Waals surface area (Å²) in [5.41, 5.74) is 0. The highest BCUT2D eigenvalue weighted by Crippen LogP contribution is 2.17. The molecule has 2 heterocycles. The zero-order valence-electron chi connectivity index (χ0n) is 11.6. The third-order valence-corrected chi connectivity index (χ3v) is 3.37. The second kappa shape index (κ2) is 6.88. The molecule has 1 aromatic heterocycles. The second-order valence-electron chi connectivity index (χ2n) is 5.03. The molecular formula is C12H18F3N5O. The van der Waals surface area contributed by atoms with E-state index in [-0.39, 0.29) is 19.0 Å². The lowest BCUT2D eigenvalue weighted by Crippen LogP contribution is -2.50. The molecule has 9 heteroatoms. The van der Waals surface area contributed by atoms with Crippen LogP contribution in [0.5, 0.6) is 0 Å². The van der Waals surface area contributed by atoms with E-state index < -0.39 is 12.7 Å². The smallest absolute Gasteiger partial charge is 0.340 e. The summed E-state index contributed by atoms with van der Waals surface area (Å²) in [5.74, 6) is -0.0122. The van der Waals surface area contributed by atoms with Crippen LogP contribution in [0.15, 0.2) is 12.7 Å². The summed E-state index contributed by atoms with van der Waals surface area (Å²) in [6.45, 7) is 0.972. The molecule has 1 aromatic rings. The van der Waals surface area contributed by atoms with Gasteiger partial charge in [-0.1, -0.05) is 0 Å². The average molecular weight is 305 g/mol. The molecule has 21 heavy (non-hydrogen) atoms. The summed E-state index contributed by atoms with van der Waals surface area (Å²) in [4.78, 5) is 18.7. The molecule has 1 aliphatic rings. The molecule has 1 aliphatic heterocycles. The van der Waals surface area contributed by atoms with Gasteiger partial charge in [-0.25, -0.2) is 4.98 Å². The van der Waals surface area contributed by atoms with Gasteiger partial charge in [0.1, 0.15) is 12.7 Å². The van der Waals surface area contributed by atoms with Crippen LogP contribution >= 0.6 is 0 Å². The molecule has 0 bridgehead atoms. The van der Waals surface area contributed by atoms with Gasteiger partial charge in [0.25, 0.3) is 0 Å². The minimum absolute atomic E-state index is 0.0122. The maximum atomic E-state index is 12.3. The Labute approximate surface area is 120 Å². The van der Waals surface area contributed by atoms with Crippen molar-refractivity contribution in [2.75, 3.05) is 32.7 Å². The van der Waals surface area contributed by atoms with Crippen LogP contribution in [0.4, 0.5) is 13.2 Å². The van der Waals surface area contributed by atoms with Crippen molar-refractivity contribution in [1.82, 2.24) is 24.6 Å². The van der Waals surface area contributed by atoms with Gasteiger partial charge < -0.3 is 4.90 Å². The predicted octanol–water partition coefficient (Wildman–Crippen LogP) is 0.765. The molecule has 2 rings (SSSR count). The summed E-state index contributed by atoms with van der Waals surface area (Å²) in [5, 5.41) is 3.94. The van der Waals surface area contributed by atoms with E-state index in [1.807, 2.05) is 0 Å². The lowest BCUT2D eigenvalue weighted by molar-refractivity contribution is -0.151. The van der Waals surface area contributed by atoms with Gasteiger partial charge in [0.05, 0.1) is 6.54 Å². The molecule has 118 valence electrons. The van der Waals surface area contributed by atoms with Gasteiger partial charge in [-0.3, -0.25) is 14.4 Å². The van der Waals surface area contributed by atoms with Crippen LogP contribution in [-0.4, -0.2) is 69.4 Å². The first kappa shape index (κ1) is 15.7. The summed E-state index contributed by atoms with van der Waals surface area (Å²) < 4.78 is 38.4. The number of hydrogen-bond donors (Lipinski definition) is 0. The fourth-order valence-corrected chi connectivity index (χ4v) is 2.31. The van der Waals surface area contributed by atoms with Crippen molar-refractivity contribution >= 4 is 5.91 Å². The van der Waals surface area contributed by atoms with Crippen LogP contribution in [0.2, 0.25) is 0 Å². The summed E-state index contributed by atoms with van der Waals surface area (Å²) in [7, 11) is 0. The van der Waals surface area contributed by atoms with Crippen molar-refractivity contribution < 1.29 is 18.0 Å². The number of hydrogen-bond acceptors (Lipinski definition) is 4. The standard InChI is InChI=1S/C12H18F3N5O/c13-12(14,15)8-18-4-6-19(7-5-18)11(21)2-1-3-20-10-16-9-17-20/h9-10H,1-8H2. The van der Waals surface area contributed by atoms with E-state index in [0.29, 0.717) is 32.5 Å². The monoisotopic (exact) mass is 305 g/mol. The summed E-state index contributed by atoms with van der Waals surface area (Å²) in [6, 6.07) is 0. The van der Waals surface area contributed by atoms with Crippen LogP contribution in [0.3, 0.4) is 0 Å². The van der Waals surface area contributed by atoms with Crippen LogP contribution in [-0.2, 0) is 11.3 Å². The average Bonchev–Trinajstić information content (AvgIpc) is 2.91. The van der Waals surface area contributed by atoms with E-state index >= 15 is 0 Å². The molecule has 0 saturated carbocycles. The van der Waals surface area contributed by atoms with Gasteiger partial charge in [0.15, 0.2) is 0 Å². The van der Waals surface area contributed by atoms with Crippen molar-refractivity contribution in [1.29, 1.82) is 0 Å². The Hall–Kier alpha value is -1.64. The Balaban J connectivity index is 1.66. The fraction of sp³-hybridized carbons (Fsp3) is 0.750. The minimum atomic E-state index is -4.18. The van der Waals surface area contributed by atoms with E-state index in [0.717, 1.165) is 0 Å². The number of aromatic nitrogens is 3. The first-order valence-electron chi connectivity index (χ1n) is 6.83. The van der Waals surface area contributed by atoms with Gasteiger partial charge in [0, 0.05) is 39.1 Å². The molecule has 0 radical (unpaired) electrons. The number of carbonyl (C=O) groups excluding carboxylic acids is 1. The third kappa shape index (κ3) is 5.33. The Morgan fingerprint density at radius 2 is 1.90 bits per heavy atom. The van der Waals surface area contributed by atoms with Gasteiger partial charge in [-0.05, 0) is 6.42 Å².